The highest BCUT2D eigenvalue weighted by molar-refractivity contribution is 6.42. The van der Waals surface area contributed by atoms with Crippen molar-refractivity contribution in [2.24, 2.45) is 0 Å². The lowest BCUT2D eigenvalue weighted by Crippen LogP contribution is -2.40. The quantitative estimate of drug-likeness (QED) is 0.866. The molecule has 2 rings (SSSR count). The molecule has 0 saturated heterocycles. The van der Waals surface area contributed by atoms with Crippen LogP contribution in [-0.2, 0) is 10.3 Å². The summed E-state index contributed by atoms with van der Waals surface area (Å²) in [4.78, 5) is 11.7. The molecule has 6 heteroatoms. The van der Waals surface area contributed by atoms with Crippen molar-refractivity contribution in [1.29, 1.82) is 0 Å². The minimum Gasteiger partial charge on any atom is -0.479 e. The Morgan fingerprint density at radius 3 is 2.43 bits per heavy atom. The minimum absolute atomic E-state index is 0.0912. The molecule has 0 fully saturated rings. The molecular formula is C15H12Cl2FNO2. The van der Waals surface area contributed by atoms with E-state index in [9.17, 15) is 14.3 Å². The molecule has 3 nitrogen and oxygen atoms in total. The number of hydrogen-bond donors (Lipinski definition) is 2. The van der Waals surface area contributed by atoms with Crippen LogP contribution in [0.2, 0.25) is 10.0 Å². The van der Waals surface area contributed by atoms with Crippen LogP contribution in [0, 0.1) is 5.82 Å². The number of carbonyl (C=O) groups is 1. The zero-order chi connectivity index (χ0) is 15.6. The van der Waals surface area contributed by atoms with Gasteiger partial charge in [-0.15, -0.1) is 0 Å². The third-order valence-electron chi connectivity index (χ3n) is 3.18. The number of rotatable bonds is 4. The second-order valence-electron chi connectivity index (χ2n) is 4.66. The van der Waals surface area contributed by atoms with Crippen LogP contribution in [0.3, 0.4) is 0 Å². The molecule has 0 bridgehead atoms. The highest BCUT2D eigenvalue weighted by atomic mass is 35.5. The lowest BCUT2D eigenvalue weighted by Gasteiger charge is -2.28. The summed E-state index contributed by atoms with van der Waals surface area (Å²) in [6.45, 7) is 1.43. The van der Waals surface area contributed by atoms with Gasteiger partial charge in [-0.3, -0.25) is 0 Å². The molecule has 2 N–H and O–H groups in total. The molecular weight excluding hydrogens is 316 g/mol. The Hall–Kier alpha value is -1.78. The van der Waals surface area contributed by atoms with Crippen LogP contribution < -0.4 is 5.32 Å². The van der Waals surface area contributed by atoms with Crippen LogP contribution in [0.4, 0.5) is 10.1 Å². The standard InChI is InChI=1S/C15H12Cl2FNO2/c1-15(14(20)21,9-6-7-10(16)11(17)8-9)19-13-5-3-2-4-12(13)18/h2-8,19H,1H3,(H,20,21). The second kappa shape index (κ2) is 5.92. The van der Waals surface area contributed by atoms with Crippen LogP contribution in [-0.4, -0.2) is 11.1 Å². The van der Waals surface area contributed by atoms with Crippen molar-refractivity contribution >= 4 is 34.9 Å². The predicted molar refractivity (Wildman–Crippen MR) is 81.5 cm³/mol. The fourth-order valence-corrected chi connectivity index (χ4v) is 2.19. The van der Waals surface area contributed by atoms with Gasteiger partial charge in [-0.05, 0) is 36.8 Å². The highest BCUT2D eigenvalue weighted by Crippen LogP contribution is 2.32. The van der Waals surface area contributed by atoms with E-state index in [1.807, 2.05) is 0 Å². The lowest BCUT2D eigenvalue weighted by atomic mass is 9.91. The summed E-state index contributed by atoms with van der Waals surface area (Å²) in [6, 6.07) is 10.3. The maximum atomic E-state index is 13.7. The third-order valence-corrected chi connectivity index (χ3v) is 3.92. The van der Waals surface area contributed by atoms with E-state index in [4.69, 9.17) is 23.2 Å². The van der Waals surface area contributed by atoms with Gasteiger partial charge in [0.2, 0.25) is 0 Å². The van der Waals surface area contributed by atoms with E-state index in [0.717, 1.165) is 0 Å². The van der Waals surface area contributed by atoms with E-state index in [1.165, 1.54) is 43.3 Å². The fourth-order valence-electron chi connectivity index (χ4n) is 1.89. The SMILES string of the molecule is CC(Nc1ccccc1F)(C(=O)O)c1ccc(Cl)c(Cl)c1. The van der Waals surface area contributed by atoms with Gasteiger partial charge in [0.05, 0.1) is 15.7 Å². The maximum absolute atomic E-state index is 13.7. The second-order valence-corrected chi connectivity index (χ2v) is 5.48. The molecule has 0 spiro atoms. The summed E-state index contributed by atoms with van der Waals surface area (Å²) in [5.74, 6) is -1.70. The van der Waals surface area contributed by atoms with Crippen LogP contribution >= 0.6 is 23.2 Å². The normalized spacial score (nSPS) is 13.5. The molecule has 1 atom stereocenters. The Balaban J connectivity index is 2.48. The summed E-state index contributed by atoms with van der Waals surface area (Å²) in [5, 5.41) is 12.8. The molecule has 0 heterocycles. The summed E-state index contributed by atoms with van der Waals surface area (Å²) in [6.07, 6.45) is 0. The Morgan fingerprint density at radius 2 is 1.86 bits per heavy atom. The van der Waals surface area contributed by atoms with E-state index in [0.29, 0.717) is 10.6 Å². The summed E-state index contributed by atoms with van der Waals surface area (Å²) in [5.41, 5.74) is -1.09. The van der Waals surface area contributed by atoms with E-state index in [2.05, 4.69) is 5.32 Å². The molecule has 0 aliphatic rings. The Bertz CT molecular complexity index is 693. The van der Waals surface area contributed by atoms with Crippen molar-refractivity contribution in [2.75, 3.05) is 5.32 Å². The van der Waals surface area contributed by atoms with E-state index >= 15 is 0 Å². The highest BCUT2D eigenvalue weighted by Gasteiger charge is 2.36. The van der Waals surface area contributed by atoms with Crippen molar-refractivity contribution in [3.63, 3.8) is 0 Å². The predicted octanol–water partition coefficient (Wildman–Crippen LogP) is 4.54. The smallest absolute Gasteiger partial charge is 0.333 e. The number of nitrogens with one attached hydrogen (secondary N) is 1. The number of para-hydroxylation sites is 1. The van der Waals surface area contributed by atoms with Gasteiger partial charge in [-0.2, -0.15) is 0 Å². The molecule has 0 aliphatic carbocycles. The number of carboxylic acids is 1. The first kappa shape index (κ1) is 15.6. The zero-order valence-electron chi connectivity index (χ0n) is 11.0. The topological polar surface area (TPSA) is 49.3 Å². The maximum Gasteiger partial charge on any atom is 0.333 e. The molecule has 0 amide bonds. The molecule has 0 saturated carbocycles. The molecule has 1 unspecified atom stereocenters. The monoisotopic (exact) mass is 327 g/mol. The van der Waals surface area contributed by atoms with Crippen molar-refractivity contribution in [1.82, 2.24) is 0 Å². The molecule has 21 heavy (non-hydrogen) atoms. The minimum atomic E-state index is -1.55. The number of halogens is 3. The van der Waals surface area contributed by atoms with Crippen molar-refractivity contribution in [2.45, 2.75) is 12.5 Å². The zero-order valence-corrected chi connectivity index (χ0v) is 12.5. The van der Waals surface area contributed by atoms with Crippen molar-refractivity contribution in [3.8, 4) is 0 Å². The first-order chi connectivity index (χ1) is 9.84. The summed E-state index contributed by atoms with van der Waals surface area (Å²) in [7, 11) is 0. The third kappa shape index (κ3) is 3.12. The Labute approximate surface area is 131 Å². The molecule has 0 aliphatic heterocycles. The van der Waals surface area contributed by atoms with Gasteiger partial charge >= 0.3 is 5.97 Å². The molecule has 2 aromatic carbocycles. The summed E-state index contributed by atoms with van der Waals surface area (Å²) >= 11 is 11.8. The average molecular weight is 328 g/mol. The summed E-state index contributed by atoms with van der Waals surface area (Å²) < 4.78 is 13.7. The Morgan fingerprint density at radius 1 is 1.19 bits per heavy atom. The fraction of sp³-hybridized carbons (Fsp3) is 0.133. The van der Waals surface area contributed by atoms with Crippen LogP contribution in [0.5, 0.6) is 0 Å². The number of anilines is 1. The first-order valence-corrected chi connectivity index (χ1v) is 6.82. The van der Waals surface area contributed by atoms with Crippen LogP contribution in [0.25, 0.3) is 0 Å². The number of carboxylic acid groups (broad SMARTS) is 1. The number of benzene rings is 2. The largest absolute Gasteiger partial charge is 0.479 e. The van der Waals surface area contributed by atoms with Crippen molar-refractivity contribution in [3.05, 3.63) is 63.9 Å². The van der Waals surface area contributed by atoms with Gasteiger partial charge < -0.3 is 10.4 Å². The van der Waals surface area contributed by atoms with E-state index in [-0.39, 0.29) is 10.7 Å². The molecule has 110 valence electrons. The van der Waals surface area contributed by atoms with E-state index < -0.39 is 17.3 Å². The lowest BCUT2D eigenvalue weighted by molar-refractivity contribution is -0.142. The molecule has 0 aromatic heterocycles. The van der Waals surface area contributed by atoms with Gasteiger partial charge in [0.1, 0.15) is 5.82 Å². The van der Waals surface area contributed by atoms with Gasteiger partial charge in [0.25, 0.3) is 0 Å². The number of hydrogen-bond acceptors (Lipinski definition) is 2. The van der Waals surface area contributed by atoms with Gasteiger partial charge in [0.15, 0.2) is 5.54 Å². The van der Waals surface area contributed by atoms with Crippen molar-refractivity contribution < 1.29 is 14.3 Å². The molecule has 0 radical (unpaired) electrons. The first-order valence-electron chi connectivity index (χ1n) is 6.06. The number of aliphatic carboxylic acids is 1. The van der Waals surface area contributed by atoms with Gasteiger partial charge in [-0.25, -0.2) is 9.18 Å². The molecule has 2 aromatic rings. The van der Waals surface area contributed by atoms with Gasteiger partial charge in [0, 0.05) is 0 Å². The van der Waals surface area contributed by atoms with Crippen LogP contribution in [0.15, 0.2) is 42.5 Å². The van der Waals surface area contributed by atoms with E-state index in [1.54, 1.807) is 6.07 Å². The van der Waals surface area contributed by atoms with Gasteiger partial charge in [-0.1, -0.05) is 41.4 Å². The van der Waals surface area contributed by atoms with Crippen LogP contribution in [0.1, 0.15) is 12.5 Å². The average Bonchev–Trinajstić information content (AvgIpc) is 2.44. The Kier molecular flexibility index (Phi) is 4.40.